The Labute approximate surface area is 139 Å². The normalized spacial score (nSPS) is 11.8. The number of esters is 1. The van der Waals surface area contributed by atoms with Gasteiger partial charge in [0, 0.05) is 6.54 Å². The van der Waals surface area contributed by atoms with E-state index in [9.17, 15) is 13.2 Å². The van der Waals surface area contributed by atoms with Crippen LogP contribution >= 0.6 is 11.8 Å². The van der Waals surface area contributed by atoms with Crippen LogP contribution in [0.2, 0.25) is 0 Å². The van der Waals surface area contributed by atoms with Crippen molar-refractivity contribution in [2.75, 3.05) is 12.9 Å². The number of benzene rings is 1. The van der Waals surface area contributed by atoms with Crippen LogP contribution in [0.5, 0.6) is 0 Å². The van der Waals surface area contributed by atoms with Crippen LogP contribution in [0.3, 0.4) is 0 Å². The largest absolute Gasteiger partial charge is 0.468 e. The fraction of sp³-hybridized carbons (Fsp3) is 0.429. The van der Waals surface area contributed by atoms with E-state index in [2.05, 4.69) is 16.6 Å². The average Bonchev–Trinajstić information content (AvgIpc) is 2.86. The Hall–Kier alpha value is -1.58. The minimum Gasteiger partial charge on any atom is -0.468 e. The summed E-state index contributed by atoms with van der Waals surface area (Å²) < 4.78 is 29.6. The van der Waals surface area contributed by atoms with Gasteiger partial charge in [0.1, 0.15) is 0 Å². The summed E-state index contributed by atoms with van der Waals surface area (Å²) in [5.41, 5.74) is 1.36. The van der Waals surface area contributed by atoms with Gasteiger partial charge in [-0.3, -0.25) is 4.79 Å². The summed E-state index contributed by atoms with van der Waals surface area (Å²) in [4.78, 5) is 15.8. The highest BCUT2D eigenvalue weighted by atomic mass is 32.2. The number of thioether (sulfide) groups is 1. The first kappa shape index (κ1) is 17.8. The quantitative estimate of drug-likeness (QED) is 0.598. The number of imidazole rings is 1. The molecule has 0 radical (unpaired) electrons. The third-order valence-electron chi connectivity index (χ3n) is 3.30. The van der Waals surface area contributed by atoms with E-state index in [1.807, 2.05) is 4.57 Å². The Balaban J connectivity index is 2.44. The maximum Gasteiger partial charge on any atom is 0.316 e. The lowest BCUT2D eigenvalue weighted by Crippen LogP contribution is -2.11. The van der Waals surface area contributed by atoms with E-state index in [0.29, 0.717) is 10.7 Å². The topological polar surface area (TPSA) is 104 Å². The fourth-order valence-corrected chi connectivity index (χ4v) is 3.50. The van der Waals surface area contributed by atoms with E-state index in [1.165, 1.54) is 31.0 Å². The number of carbonyl (C=O) groups excluding carboxylic acids is 1. The third kappa shape index (κ3) is 4.24. The summed E-state index contributed by atoms with van der Waals surface area (Å²) in [6, 6.07) is 4.62. The van der Waals surface area contributed by atoms with Crippen LogP contribution in [0.25, 0.3) is 11.0 Å². The van der Waals surface area contributed by atoms with Gasteiger partial charge in [-0.15, -0.1) is 0 Å². The van der Waals surface area contributed by atoms with Gasteiger partial charge in [0.05, 0.1) is 28.8 Å². The first-order chi connectivity index (χ1) is 10.9. The van der Waals surface area contributed by atoms with Crippen molar-refractivity contribution >= 4 is 38.8 Å². The zero-order chi connectivity index (χ0) is 17.0. The van der Waals surface area contributed by atoms with Gasteiger partial charge in [0.25, 0.3) is 0 Å². The number of hydrogen-bond donors (Lipinski definition) is 1. The second kappa shape index (κ2) is 7.33. The SMILES string of the molecule is CCCCn1c(SCC(=O)OC)nc2cc(S(N)(=O)=O)ccc21. The van der Waals surface area contributed by atoms with Crippen molar-refractivity contribution in [3.8, 4) is 0 Å². The number of hydrogen-bond acceptors (Lipinski definition) is 6. The molecule has 1 heterocycles. The monoisotopic (exact) mass is 357 g/mol. The molecule has 1 aromatic heterocycles. The van der Waals surface area contributed by atoms with Crippen molar-refractivity contribution in [2.24, 2.45) is 5.14 Å². The molecule has 0 aliphatic rings. The summed E-state index contributed by atoms with van der Waals surface area (Å²) in [5, 5.41) is 5.82. The van der Waals surface area contributed by atoms with Crippen molar-refractivity contribution in [1.82, 2.24) is 9.55 Å². The molecule has 2 aromatic rings. The van der Waals surface area contributed by atoms with Gasteiger partial charge in [0.15, 0.2) is 5.16 Å². The molecule has 2 rings (SSSR count). The highest BCUT2D eigenvalue weighted by molar-refractivity contribution is 7.99. The van der Waals surface area contributed by atoms with Crippen LogP contribution in [-0.2, 0) is 26.1 Å². The van der Waals surface area contributed by atoms with Gasteiger partial charge < -0.3 is 9.30 Å². The number of fused-ring (bicyclic) bond motifs is 1. The average molecular weight is 357 g/mol. The highest BCUT2D eigenvalue weighted by Crippen LogP contribution is 2.26. The van der Waals surface area contributed by atoms with E-state index in [0.717, 1.165) is 24.9 Å². The molecule has 0 unspecified atom stereocenters. The maximum atomic E-state index is 11.5. The van der Waals surface area contributed by atoms with Crippen LogP contribution < -0.4 is 5.14 Å². The molecular formula is C14H19N3O4S2. The molecule has 7 nitrogen and oxygen atoms in total. The Bertz CT molecular complexity index is 815. The number of unbranched alkanes of at least 4 members (excludes halogenated alkanes) is 1. The molecule has 1 aromatic carbocycles. The van der Waals surface area contributed by atoms with Gasteiger partial charge in [-0.05, 0) is 24.6 Å². The van der Waals surface area contributed by atoms with Crippen LogP contribution in [0, 0.1) is 0 Å². The lowest BCUT2D eigenvalue weighted by Gasteiger charge is -2.07. The summed E-state index contributed by atoms with van der Waals surface area (Å²) in [7, 11) is -2.44. The molecule has 0 saturated carbocycles. The minimum absolute atomic E-state index is 0.0228. The molecule has 23 heavy (non-hydrogen) atoms. The summed E-state index contributed by atoms with van der Waals surface area (Å²) in [5.74, 6) is -0.192. The maximum absolute atomic E-state index is 11.5. The first-order valence-corrected chi connectivity index (χ1v) is 9.62. The predicted molar refractivity (Wildman–Crippen MR) is 88.8 cm³/mol. The molecule has 0 saturated heterocycles. The van der Waals surface area contributed by atoms with E-state index >= 15 is 0 Å². The number of rotatable bonds is 7. The van der Waals surface area contributed by atoms with Crippen molar-refractivity contribution < 1.29 is 17.9 Å². The number of aromatic nitrogens is 2. The third-order valence-corrected chi connectivity index (χ3v) is 5.16. The number of ether oxygens (including phenoxy) is 1. The van der Waals surface area contributed by atoms with Crippen molar-refractivity contribution in [3.63, 3.8) is 0 Å². The number of carbonyl (C=O) groups is 1. The van der Waals surface area contributed by atoms with Gasteiger partial charge in [0.2, 0.25) is 10.0 Å². The summed E-state index contributed by atoms with van der Waals surface area (Å²) in [6.07, 6.45) is 1.96. The van der Waals surface area contributed by atoms with E-state index < -0.39 is 10.0 Å². The smallest absolute Gasteiger partial charge is 0.316 e. The van der Waals surface area contributed by atoms with Crippen LogP contribution in [0.4, 0.5) is 0 Å². The van der Waals surface area contributed by atoms with Crippen LogP contribution in [0.1, 0.15) is 19.8 Å². The molecule has 2 N–H and O–H groups in total. The number of methoxy groups -OCH3 is 1. The molecule has 0 fully saturated rings. The zero-order valence-corrected chi connectivity index (χ0v) is 14.6. The standard InChI is InChI=1S/C14H19N3O4S2/c1-3-4-7-17-12-6-5-10(23(15,19)20)8-11(12)16-14(17)22-9-13(18)21-2/h5-6,8H,3-4,7,9H2,1-2H3,(H2,15,19,20). The Morgan fingerprint density at radius 2 is 2.17 bits per heavy atom. The fourth-order valence-electron chi connectivity index (χ4n) is 2.09. The van der Waals surface area contributed by atoms with E-state index in [1.54, 1.807) is 6.07 Å². The Kier molecular flexibility index (Phi) is 5.66. The molecule has 0 bridgehead atoms. The second-order valence-electron chi connectivity index (χ2n) is 4.96. The first-order valence-electron chi connectivity index (χ1n) is 7.09. The summed E-state index contributed by atoms with van der Waals surface area (Å²) in [6.45, 7) is 2.82. The lowest BCUT2D eigenvalue weighted by atomic mass is 10.3. The van der Waals surface area contributed by atoms with Crippen molar-refractivity contribution in [3.05, 3.63) is 18.2 Å². The number of nitrogens with zero attached hydrogens (tertiary/aromatic N) is 2. The Morgan fingerprint density at radius 1 is 1.43 bits per heavy atom. The highest BCUT2D eigenvalue weighted by Gasteiger charge is 2.16. The van der Waals surface area contributed by atoms with Gasteiger partial charge in [-0.1, -0.05) is 25.1 Å². The van der Waals surface area contributed by atoms with Crippen molar-refractivity contribution in [1.29, 1.82) is 0 Å². The second-order valence-corrected chi connectivity index (χ2v) is 7.46. The van der Waals surface area contributed by atoms with Gasteiger partial charge >= 0.3 is 5.97 Å². The lowest BCUT2D eigenvalue weighted by molar-refractivity contribution is -0.137. The molecule has 0 amide bonds. The summed E-state index contributed by atoms with van der Waals surface area (Å²) >= 11 is 1.27. The molecular weight excluding hydrogens is 338 g/mol. The molecule has 0 atom stereocenters. The van der Waals surface area contributed by atoms with E-state index in [4.69, 9.17) is 5.14 Å². The van der Waals surface area contributed by atoms with Gasteiger partial charge in [-0.25, -0.2) is 18.5 Å². The van der Waals surface area contributed by atoms with Gasteiger partial charge in [-0.2, -0.15) is 0 Å². The number of primary sulfonamides is 1. The number of aryl methyl sites for hydroxylation is 1. The Morgan fingerprint density at radius 3 is 2.78 bits per heavy atom. The molecule has 126 valence electrons. The zero-order valence-electron chi connectivity index (χ0n) is 13.0. The van der Waals surface area contributed by atoms with Crippen molar-refractivity contribution in [2.45, 2.75) is 36.4 Å². The molecule has 0 aliphatic carbocycles. The number of sulfonamides is 1. The molecule has 0 aliphatic heterocycles. The predicted octanol–water partition coefficient (Wildman–Crippen LogP) is 1.75. The van der Waals surface area contributed by atoms with E-state index in [-0.39, 0.29) is 16.6 Å². The van der Waals surface area contributed by atoms with Crippen LogP contribution in [-0.4, -0.2) is 36.8 Å². The van der Waals surface area contributed by atoms with Crippen LogP contribution in [0.15, 0.2) is 28.3 Å². The molecule has 9 heteroatoms. The molecule has 0 spiro atoms. The minimum atomic E-state index is -3.77. The number of nitrogens with two attached hydrogens (primary N) is 1.